The molecule has 0 amide bonds. The van der Waals surface area contributed by atoms with Crippen LogP contribution in [0, 0.1) is 5.41 Å². The van der Waals surface area contributed by atoms with Crippen molar-refractivity contribution < 1.29 is 0 Å². The first-order chi connectivity index (χ1) is 6.76. The maximum absolute atomic E-state index is 4.09. The van der Waals surface area contributed by atoms with Crippen molar-refractivity contribution >= 4 is 0 Å². The summed E-state index contributed by atoms with van der Waals surface area (Å²) >= 11 is 0. The summed E-state index contributed by atoms with van der Waals surface area (Å²) in [4.78, 5) is 0. The summed E-state index contributed by atoms with van der Waals surface area (Å²) in [6.45, 7) is 4.46. The van der Waals surface area contributed by atoms with E-state index < -0.39 is 0 Å². The van der Waals surface area contributed by atoms with Crippen molar-refractivity contribution in [3.8, 4) is 0 Å². The van der Waals surface area contributed by atoms with Gasteiger partial charge in [-0.1, -0.05) is 43.4 Å². The highest BCUT2D eigenvalue weighted by molar-refractivity contribution is 5.28. The minimum absolute atomic E-state index is 0.172. The number of aromatic amines is 1. The fourth-order valence-electron chi connectivity index (χ4n) is 1.91. The van der Waals surface area contributed by atoms with Crippen LogP contribution >= 0.6 is 0 Å². The predicted molar refractivity (Wildman–Crippen MR) is 55.8 cm³/mol. The monoisotopic (exact) mass is 189 g/mol. The maximum Gasteiger partial charge on any atom is 0.0901 e. The third-order valence-corrected chi connectivity index (χ3v) is 3.12. The molecule has 1 aliphatic rings. The van der Waals surface area contributed by atoms with E-state index in [4.69, 9.17) is 0 Å². The Labute approximate surface area is 83.9 Å². The largest absolute Gasteiger partial charge is 0.265 e. The van der Waals surface area contributed by atoms with Crippen molar-refractivity contribution in [2.24, 2.45) is 5.41 Å². The number of H-pyrrole nitrogens is 1. The van der Waals surface area contributed by atoms with Crippen LogP contribution in [0.25, 0.3) is 0 Å². The van der Waals surface area contributed by atoms with Gasteiger partial charge in [0.15, 0.2) is 0 Å². The lowest BCUT2D eigenvalue weighted by Crippen LogP contribution is -2.23. The Balaban J connectivity index is 2.34. The van der Waals surface area contributed by atoms with Gasteiger partial charge >= 0.3 is 0 Å². The van der Waals surface area contributed by atoms with E-state index in [1.54, 1.807) is 0 Å². The van der Waals surface area contributed by atoms with Crippen molar-refractivity contribution in [3.63, 3.8) is 0 Å². The van der Waals surface area contributed by atoms with Crippen LogP contribution in [0.5, 0.6) is 0 Å². The van der Waals surface area contributed by atoms with Gasteiger partial charge in [-0.2, -0.15) is 0 Å². The first-order valence-electron chi connectivity index (χ1n) is 4.98. The summed E-state index contributed by atoms with van der Waals surface area (Å²) in [5, 5.41) is 10.6. The van der Waals surface area contributed by atoms with E-state index in [0.717, 1.165) is 12.1 Å². The molecule has 0 saturated heterocycles. The molecule has 1 N–H and O–H groups in total. The molecule has 0 bridgehead atoms. The predicted octanol–water partition coefficient (Wildman–Crippen LogP) is 2.43. The van der Waals surface area contributed by atoms with Crippen LogP contribution in [0.2, 0.25) is 0 Å². The molecule has 1 aliphatic carbocycles. The van der Waals surface area contributed by atoms with Crippen LogP contribution in [0.4, 0.5) is 0 Å². The normalized spacial score (nSPS) is 30.9. The molecule has 74 valence electrons. The van der Waals surface area contributed by atoms with E-state index in [2.05, 4.69) is 53.6 Å². The zero-order valence-corrected chi connectivity index (χ0v) is 8.57. The highest BCUT2D eigenvalue weighted by Crippen LogP contribution is 2.41. The Morgan fingerprint density at radius 2 is 2.36 bits per heavy atom. The van der Waals surface area contributed by atoms with E-state index in [9.17, 15) is 0 Å². The van der Waals surface area contributed by atoms with E-state index >= 15 is 0 Å². The molecule has 1 aromatic rings. The van der Waals surface area contributed by atoms with Gasteiger partial charge in [-0.15, -0.1) is 5.10 Å². The van der Waals surface area contributed by atoms with Crippen LogP contribution in [0.3, 0.4) is 0 Å². The number of nitrogens with zero attached hydrogens (tertiary/aromatic N) is 2. The van der Waals surface area contributed by atoms with Crippen LogP contribution in [0.1, 0.15) is 31.9 Å². The summed E-state index contributed by atoms with van der Waals surface area (Å²) in [5.41, 5.74) is 1.20. The summed E-state index contributed by atoms with van der Waals surface area (Å²) < 4.78 is 0. The van der Waals surface area contributed by atoms with Crippen molar-refractivity contribution in [2.75, 3.05) is 0 Å². The lowest BCUT2D eigenvalue weighted by Gasteiger charge is -2.32. The fraction of sp³-hybridized carbons (Fsp3) is 0.455. The van der Waals surface area contributed by atoms with Gasteiger partial charge in [0.25, 0.3) is 0 Å². The van der Waals surface area contributed by atoms with Gasteiger partial charge in [0.05, 0.1) is 5.69 Å². The first kappa shape index (κ1) is 9.19. The molecule has 0 aliphatic heterocycles. The molecule has 0 radical (unpaired) electrons. The molecule has 2 atom stereocenters. The maximum atomic E-state index is 4.09. The summed E-state index contributed by atoms with van der Waals surface area (Å²) in [7, 11) is 0. The molecule has 1 heterocycles. The average molecular weight is 189 g/mol. The van der Waals surface area contributed by atoms with Crippen molar-refractivity contribution in [3.05, 3.63) is 36.2 Å². The molecule has 1 aromatic heterocycles. The average Bonchev–Trinajstić information content (AvgIpc) is 2.71. The number of rotatable bonds is 2. The quantitative estimate of drug-likeness (QED) is 0.776. The lowest BCUT2D eigenvalue weighted by molar-refractivity contribution is 0.357. The minimum Gasteiger partial charge on any atom is -0.265 e. The molecule has 2 unspecified atom stereocenters. The Bertz CT molecular complexity index is 351. The van der Waals surface area contributed by atoms with E-state index in [1.165, 1.54) is 0 Å². The molecule has 0 saturated carbocycles. The summed E-state index contributed by atoms with van der Waals surface area (Å²) in [6.07, 6.45) is 11.6. The summed E-state index contributed by atoms with van der Waals surface area (Å²) in [6, 6.07) is 0. The van der Waals surface area contributed by atoms with E-state index in [-0.39, 0.29) is 5.41 Å². The molecule has 0 aromatic carbocycles. The standard InChI is InChI=1S/C11H15N3/c1-3-11(2)7-5-4-6-9(11)10-8-12-14-13-10/h4-9H,3H2,1-2H3,(H,12,13,14). The van der Waals surface area contributed by atoms with E-state index in [0.29, 0.717) is 5.92 Å². The third-order valence-electron chi connectivity index (χ3n) is 3.12. The second kappa shape index (κ2) is 3.40. The molecule has 3 nitrogen and oxygen atoms in total. The molecular formula is C11H15N3. The first-order valence-corrected chi connectivity index (χ1v) is 4.98. The number of hydrogen-bond acceptors (Lipinski definition) is 2. The topological polar surface area (TPSA) is 41.6 Å². The lowest BCUT2D eigenvalue weighted by atomic mass is 9.71. The Morgan fingerprint density at radius 3 is 3.00 bits per heavy atom. The van der Waals surface area contributed by atoms with Gasteiger partial charge in [0.1, 0.15) is 0 Å². The molecule has 0 fully saturated rings. The number of hydrogen-bond donors (Lipinski definition) is 1. The Hall–Kier alpha value is -1.38. The van der Waals surface area contributed by atoms with Crippen LogP contribution in [-0.4, -0.2) is 15.4 Å². The number of nitrogens with one attached hydrogen (secondary N) is 1. The van der Waals surface area contributed by atoms with Gasteiger partial charge in [0, 0.05) is 12.1 Å². The minimum atomic E-state index is 0.172. The molecule has 2 rings (SSSR count). The number of aromatic nitrogens is 3. The molecule has 0 spiro atoms. The van der Waals surface area contributed by atoms with Crippen LogP contribution in [0.15, 0.2) is 30.5 Å². The van der Waals surface area contributed by atoms with Crippen molar-refractivity contribution in [2.45, 2.75) is 26.2 Å². The van der Waals surface area contributed by atoms with Gasteiger partial charge < -0.3 is 0 Å². The van der Waals surface area contributed by atoms with Gasteiger partial charge in [-0.3, -0.25) is 5.10 Å². The van der Waals surface area contributed by atoms with Crippen LogP contribution < -0.4 is 0 Å². The zero-order chi connectivity index (χ0) is 10.0. The highest BCUT2D eigenvalue weighted by Gasteiger charge is 2.32. The summed E-state index contributed by atoms with van der Waals surface area (Å²) in [5.74, 6) is 0.344. The van der Waals surface area contributed by atoms with Crippen LogP contribution in [-0.2, 0) is 0 Å². The molecule has 3 heteroatoms. The van der Waals surface area contributed by atoms with Gasteiger partial charge in [-0.25, -0.2) is 0 Å². The van der Waals surface area contributed by atoms with Crippen molar-refractivity contribution in [1.29, 1.82) is 0 Å². The zero-order valence-electron chi connectivity index (χ0n) is 8.57. The van der Waals surface area contributed by atoms with Gasteiger partial charge in [0.2, 0.25) is 0 Å². The smallest absolute Gasteiger partial charge is 0.0901 e. The van der Waals surface area contributed by atoms with Crippen molar-refractivity contribution in [1.82, 2.24) is 15.4 Å². The number of allylic oxidation sites excluding steroid dienone is 4. The van der Waals surface area contributed by atoms with E-state index in [1.807, 2.05) is 6.20 Å². The second-order valence-electron chi connectivity index (χ2n) is 3.98. The van der Waals surface area contributed by atoms with Gasteiger partial charge in [-0.05, 0) is 11.8 Å². The Morgan fingerprint density at radius 1 is 1.50 bits per heavy atom. The Kier molecular flexibility index (Phi) is 2.23. The molecular weight excluding hydrogens is 174 g/mol. The fourth-order valence-corrected chi connectivity index (χ4v) is 1.91. The second-order valence-corrected chi connectivity index (χ2v) is 3.98. The molecule has 14 heavy (non-hydrogen) atoms. The SMILES string of the molecule is CCC1(C)C=CC=CC1c1c[nH]nn1. The third kappa shape index (κ3) is 1.39. The highest BCUT2D eigenvalue weighted by atomic mass is 15.3.